The minimum absolute atomic E-state index is 0.0188. The molecule has 0 aliphatic rings. The molecule has 32 heavy (non-hydrogen) atoms. The molecule has 2 aromatic carbocycles. The van der Waals surface area contributed by atoms with Crippen LogP contribution in [0.2, 0.25) is 10.0 Å². The summed E-state index contributed by atoms with van der Waals surface area (Å²) in [4.78, 5) is 4.37. The number of pyridine rings is 1. The summed E-state index contributed by atoms with van der Waals surface area (Å²) in [6.45, 7) is 2.52. The smallest absolute Gasteiger partial charge is 0.417 e. The Kier molecular flexibility index (Phi) is 7.94. The van der Waals surface area contributed by atoms with E-state index in [2.05, 4.69) is 4.98 Å². The second-order valence-corrected chi connectivity index (χ2v) is 8.55. The van der Waals surface area contributed by atoms with E-state index in [9.17, 15) is 18.4 Å². The molecule has 1 aromatic heterocycles. The van der Waals surface area contributed by atoms with E-state index in [1.165, 1.54) is 0 Å². The van der Waals surface area contributed by atoms with Gasteiger partial charge in [0.25, 0.3) is 0 Å². The van der Waals surface area contributed by atoms with Gasteiger partial charge in [0.2, 0.25) is 0 Å². The second-order valence-electron chi connectivity index (χ2n) is 6.74. The number of ether oxygens (including phenoxy) is 1. The van der Waals surface area contributed by atoms with Crippen molar-refractivity contribution < 1.29 is 17.9 Å². The Morgan fingerprint density at radius 1 is 1.09 bits per heavy atom. The highest BCUT2D eigenvalue weighted by Gasteiger charge is 2.36. The quantitative estimate of drug-likeness (QED) is 0.310. The fraction of sp³-hybridized carbons (Fsp3) is 0.217. The van der Waals surface area contributed by atoms with Gasteiger partial charge in [-0.2, -0.15) is 18.4 Å². The molecule has 0 saturated carbocycles. The van der Waals surface area contributed by atoms with Gasteiger partial charge in [-0.1, -0.05) is 36.2 Å². The van der Waals surface area contributed by atoms with Crippen LogP contribution in [0.4, 0.5) is 13.2 Å². The fourth-order valence-corrected chi connectivity index (χ4v) is 4.39. The first-order valence-electron chi connectivity index (χ1n) is 9.55. The zero-order valence-electron chi connectivity index (χ0n) is 16.8. The van der Waals surface area contributed by atoms with Gasteiger partial charge >= 0.3 is 6.18 Å². The van der Waals surface area contributed by atoms with Crippen molar-refractivity contribution in [2.45, 2.75) is 30.3 Å². The molecule has 0 saturated heterocycles. The molecule has 0 bridgehead atoms. The number of nitrogens with zero attached hydrogens (tertiary/aromatic N) is 2. The third-order valence-corrected chi connectivity index (χ3v) is 6.02. The highest BCUT2D eigenvalue weighted by Crippen LogP contribution is 2.39. The van der Waals surface area contributed by atoms with Crippen LogP contribution in [-0.2, 0) is 11.9 Å². The van der Waals surface area contributed by atoms with E-state index in [1.54, 1.807) is 48.5 Å². The lowest BCUT2D eigenvalue weighted by Crippen LogP contribution is -2.10. The molecule has 0 spiro atoms. The van der Waals surface area contributed by atoms with Gasteiger partial charge in [-0.3, -0.25) is 0 Å². The molecule has 0 fully saturated rings. The lowest BCUT2D eigenvalue weighted by atomic mass is 10.1. The summed E-state index contributed by atoms with van der Waals surface area (Å²) < 4.78 is 46.7. The van der Waals surface area contributed by atoms with E-state index >= 15 is 0 Å². The first kappa shape index (κ1) is 24.2. The number of hydrogen-bond donors (Lipinski definition) is 0. The first-order valence-corrected chi connectivity index (χ1v) is 11.3. The third-order valence-electron chi connectivity index (χ3n) is 4.41. The van der Waals surface area contributed by atoms with E-state index in [0.717, 1.165) is 24.2 Å². The summed E-state index contributed by atoms with van der Waals surface area (Å²) in [6.07, 6.45) is -3.87. The van der Waals surface area contributed by atoms with Gasteiger partial charge in [-0.15, -0.1) is 11.8 Å². The summed E-state index contributed by atoms with van der Waals surface area (Å²) in [7, 11) is 0. The molecule has 166 valence electrons. The molecular weight excluding hydrogens is 480 g/mol. The van der Waals surface area contributed by atoms with Gasteiger partial charge in [-0.05, 0) is 54.4 Å². The van der Waals surface area contributed by atoms with Crippen LogP contribution < -0.4 is 4.74 Å². The Labute approximate surface area is 198 Å². The van der Waals surface area contributed by atoms with Crippen molar-refractivity contribution >= 4 is 35.0 Å². The van der Waals surface area contributed by atoms with Crippen molar-refractivity contribution in [1.82, 2.24) is 4.98 Å². The van der Waals surface area contributed by atoms with Gasteiger partial charge in [0.1, 0.15) is 16.8 Å². The van der Waals surface area contributed by atoms with Crippen LogP contribution in [0.3, 0.4) is 0 Å². The number of halogens is 5. The van der Waals surface area contributed by atoms with Crippen molar-refractivity contribution in [3.63, 3.8) is 0 Å². The monoisotopic (exact) mass is 496 g/mol. The Balaban J connectivity index is 2.00. The summed E-state index contributed by atoms with van der Waals surface area (Å²) in [5, 5.41) is 10.3. The Morgan fingerprint density at radius 3 is 2.41 bits per heavy atom. The molecule has 3 aromatic rings. The minimum Gasteiger partial charge on any atom is -0.494 e. The SMILES string of the molecule is CCCOc1ccc(-c2cc(C(F)(F)F)c(C#N)c(SCc3ccc(Cl)cc3Cl)n2)cc1. The van der Waals surface area contributed by atoms with Crippen LogP contribution in [-0.4, -0.2) is 11.6 Å². The predicted molar refractivity (Wildman–Crippen MR) is 121 cm³/mol. The molecule has 0 radical (unpaired) electrons. The molecule has 0 unspecified atom stereocenters. The topological polar surface area (TPSA) is 45.9 Å². The van der Waals surface area contributed by atoms with Gasteiger partial charge in [-0.25, -0.2) is 4.98 Å². The first-order chi connectivity index (χ1) is 15.2. The van der Waals surface area contributed by atoms with Crippen molar-refractivity contribution in [3.8, 4) is 23.1 Å². The van der Waals surface area contributed by atoms with Gasteiger partial charge in [0, 0.05) is 21.4 Å². The lowest BCUT2D eigenvalue weighted by molar-refractivity contribution is -0.138. The highest BCUT2D eigenvalue weighted by molar-refractivity contribution is 7.98. The fourth-order valence-electron chi connectivity index (χ4n) is 2.83. The number of alkyl halides is 3. The number of aromatic nitrogens is 1. The molecule has 1 heterocycles. The summed E-state index contributed by atoms with van der Waals surface area (Å²) in [6, 6.07) is 14.1. The molecule has 0 N–H and O–H groups in total. The largest absolute Gasteiger partial charge is 0.494 e. The molecule has 9 heteroatoms. The van der Waals surface area contributed by atoms with Crippen molar-refractivity contribution in [3.05, 3.63) is 75.3 Å². The number of rotatable bonds is 7. The lowest BCUT2D eigenvalue weighted by Gasteiger charge is -2.15. The van der Waals surface area contributed by atoms with Crippen molar-refractivity contribution in [1.29, 1.82) is 5.26 Å². The predicted octanol–water partition coefficient (Wildman–Crippen LogP) is 8.03. The number of hydrogen-bond acceptors (Lipinski definition) is 4. The maximum absolute atomic E-state index is 13.7. The van der Waals surface area contributed by atoms with E-state index in [1.807, 2.05) is 6.92 Å². The van der Waals surface area contributed by atoms with Crippen LogP contribution in [0, 0.1) is 11.3 Å². The highest BCUT2D eigenvalue weighted by atomic mass is 35.5. The zero-order valence-corrected chi connectivity index (χ0v) is 19.2. The standard InChI is InChI=1S/C23H17Cl2F3N2OS/c1-2-9-31-17-7-4-14(5-8-17)21-11-19(23(26,27)28)18(12-29)22(30-21)32-13-15-3-6-16(24)10-20(15)25/h3-8,10-11H,2,9,13H2,1H3. The van der Waals surface area contributed by atoms with E-state index < -0.39 is 17.3 Å². The molecule has 0 atom stereocenters. The van der Waals surface area contributed by atoms with Crippen molar-refractivity contribution in [2.75, 3.05) is 6.61 Å². The Bertz CT molecular complexity index is 1150. The average molecular weight is 497 g/mol. The zero-order chi connectivity index (χ0) is 23.3. The molecule has 0 aliphatic heterocycles. The average Bonchev–Trinajstić information content (AvgIpc) is 2.76. The molecule has 3 nitrogen and oxygen atoms in total. The number of benzene rings is 2. The maximum atomic E-state index is 13.7. The van der Waals surface area contributed by atoms with Crippen LogP contribution >= 0.6 is 35.0 Å². The third kappa shape index (κ3) is 5.89. The molecule has 0 aliphatic carbocycles. The van der Waals surface area contributed by atoms with Gasteiger partial charge in [0.15, 0.2) is 0 Å². The van der Waals surface area contributed by atoms with E-state index in [4.69, 9.17) is 27.9 Å². The van der Waals surface area contributed by atoms with Crippen LogP contribution in [0.1, 0.15) is 30.0 Å². The Hall–Kier alpha value is -2.40. The number of nitriles is 1. The summed E-state index contributed by atoms with van der Waals surface area (Å²) in [5.41, 5.74) is -0.276. The number of thioether (sulfide) groups is 1. The van der Waals surface area contributed by atoms with Crippen LogP contribution in [0.15, 0.2) is 53.6 Å². The molecule has 0 amide bonds. The Morgan fingerprint density at radius 2 is 1.81 bits per heavy atom. The molecule has 3 rings (SSSR count). The van der Waals surface area contributed by atoms with E-state index in [-0.39, 0.29) is 16.5 Å². The minimum atomic E-state index is -4.71. The second kappa shape index (κ2) is 10.5. The normalized spacial score (nSPS) is 11.3. The summed E-state index contributed by atoms with van der Waals surface area (Å²) >= 11 is 13.1. The van der Waals surface area contributed by atoms with Crippen molar-refractivity contribution in [2.24, 2.45) is 0 Å². The maximum Gasteiger partial charge on any atom is 0.417 e. The van der Waals surface area contributed by atoms with Crippen LogP contribution in [0.5, 0.6) is 5.75 Å². The van der Waals surface area contributed by atoms with Crippen LogP contribution in [0.25, 0.3) is 11.3 Å². The molecular formula is C23H17Cl2F3N2OS. The van der Waals surface area contributed by atoms with Gasteiger partial charge < -0.3 is 4.74 Å². The van der Waals surface area contributed by atoms with E-state index in [0.29, 0.717) is 33.5 Å². The van der Waals surface area contributed by atoms with Gasteiger partial charge in [0.05, 0.1) is 23.4 Å². The summed E-state index contributed by atoms with van der Waals surface area (Å²) in [5.74, 6) is 0.842.